The molecule has 2 N–H and O–H groups in total. The van der Waals surface area contributed by atoms with Crippen molar-refractivity contribution in [2.75, 3.05) is 16.0 Å². The van der Waals surface area contributed by atoms with Gasteiger partial charge in [0.1, 0.15) is 0 Å². The number of benzene rings is 2. The number of hydrogen-bond acceptors (Lipinski definition) is 3. The highest BCUT2D eigenvalue weighted by molar-refractivity contribution is 8.00. The Morgan fingerprint density at radius 1 is 1.13 bits per heavy atom. The SMILES string of the molecule is Cc1ccc(CN2C(=O)CSc3ccc(NC(=O)N[C@H]4CCCC[C@@H]4C)cc32)cc1. The topological polar surface area (TPSA) is 61.4 Å². The quantitative estimate of drug-likeness (QED) is 0.698. The number of thioether (sulfide) groups is 1. The second-order valence-corrected chi connectivity index (χ2v) is 9.42. The van der Waals surface area contributed by atoms with Crippen molar-refractivity contribution < 1.29 is 9.59 Å². The maximum atomic E-state index is 12.7. The van der Waals surface area contributed by atoms with Gasteiger partial charge in [-0.3, -0.25) is 4.79 Å². The molecular formula is C24H29N3O2S. The van der Waals surface area contributed by atoms with Gasteiger partial charge in [-0.2, -0.15) is 0 Å². The number of carbonyl (C=O) groups is 2. The number of urea groups is 1. The number of fused-ring (bicyclic) bond motifs is 1. The number of aryl methyl sites for hydroxylation is 1. The fourth-order valence-corrected chi connectivity index (χ4v) is 5.11. The second-order valence-electron chi connectivity index (χ2n) is 8.40. The van der Waals surface area contributed by atoms with Crippen LogP contribution in [0.3, 0.4) is 0 Å². The minimum atomic E-state index is -0.173. The highest BCUT2D eigenvalue weighted by atomic mass is 32.2. The van der Waals surface area contributed by atoms with Crippen LogP contribution in [0.4, 0.5) is 16.2 Å². The first kappa shape index (κ1) is 20.8. The number of rotatable bonds is 4. The van der Waals surface area contributed by atoms with Crippen LogP contribution in [0.25, 0.3) is 0 Å². The Bertz CT molecular complexity index is 929. The zero-order valence-electron chi connectivity index (χ0n) is 17.6. The molecule has 0 spiro atoms. The van der Waals surface area contributed by atoms with Gasteiger partial charge in [-0.1, -0.05) is 49.6 Å². The normalized spacial score (nSPS) is 21.1. The van der Waals surface area contributed by atoms with Crippen molar-refractivity contribution in [1.29, 1.82) is 0 Å². The molecular weight excluding hydrogens is 394 g/mol. The molecule has 2 aromatic rings. The Kier molecular flexibility index (Phi) is 6.32. The van der Waals surface area contributed by atoms with Gasteiger partial charge in [-0.25, -0.2) is 4.79 Å². The van der Waals surface area contributed by atoms with Gasteiger partial charge in [0.05, 0.1) is 18.0 Å². The molecule has 0 unspecified atom stereocenters. The molecule has 2 atom stereocenters. The van der Waals surface area contributed by atoms with E-state index in [4.69, 9.17) is 0 Å². The molecule has 1 aliphatic heterocycles. The van der Waals surface area contributed by atoms with Gasteiger partial charge in [0.25, 0.3) is 0 Å². The van der Waals surface area contributed by atoms with E-state index in [-0.39, 0.29) is 18.0 Å². The monoisotopic (exact) mass is 423 g/mol. The minimum absolute atomic E-state index is 0.0886. The predicted molar refractivity (Wildman–Crippen MR) is 123 cm³/mol. The summed E-state index contributed by atoms with van der Waals surface area (Å²) in [6.07, 6.45) is 4.61. The molecule has 6 heteroatoms. The lowest BCUT2D eigenvalue weighted by Gasteiger charge is -2.30. The number of anilines is 2. The summed E-state index contributed by atoms with van der Waals surface area (Å²) in [4.78, 5) is 28.1. The van der Waals surface area contributed by atoms with Crippen LogP contribution in [-0.4, -0.2) is 23.7 Å². The molecule has 5 nitrogen and oxygen atoms in total. The molecule has 1 aliphatic carbocycles. The molecule has 158 valence electrons. The van der Waals surface area contributed by atoms with Crippen molar-refractivity contribution in [3.63, 3.8) is 0 Å². The Hall–Kier alpha value is -2.47. The first-order valence-electron chi connectivity index (χ1n) is 10.7. The Morgan fingerprint density at radius 2 is 1.90 bits per heavy atom. The van der Waals surface area contributed by atoms with E-state index in [1.54, 1.807) is 11.8 Å². The van der Waals surface area contributed by atoms with Crippen molar-refractivity contribution in [3.8, 4) is 0 Å². The molecule has 0 aromatic heterocycles. The molecule has 0 bridgehead atoms. The number of amides is 3. The first-order chi connectivity index (χ1) is 14.5. The molecule has 1 saturated carbocycles. The molecule has 3 amide bonds. The average Bonchev–Trinajstić information content (AvgIpc) is 2.73. The van der Waals surface area contributed by atoms with Crippen LogP contribution in [0, 0.1) is 12.8 Å². The largest absolute Gasteiger partial charge is 0.335 e. The summed E-state index contributed by atoms with van der Waals surface area (Å²) in [5.41, 5.74) is 3.86. The zero-order valence-corrected chi connectivity index (χ0v) is 18.4. The third-order valence-electron chi connectivity index (χ3n) is 6.05. The molecule has 1 heterocycles. The first-order valence-corrected chi connectivity index (χ1v) is 11.7. The van der Waals surface area contributed by atoms with E-state index >= 15 is 0 Å². The van der Waals surface area contributed by atoms with Crippen molar-refractivity contribution in [2.45, 2.75) is 57.0 Å². The van der Waals surface area contributed by atoms with E-state index in [1.807, 2.05) is 23.1 Å². The molecule has 0 radical (unpaired) electrons. The van der Waals surface area contributed by atoms with E-state index in [2.05, 4.69) is 48.7 Å². The highest BCUT2D eigenvalue weighted by Gasteiger charge is 2.26. The maximum absolute atomic E-state index is 12.7. The van der Waals surface area contributed by atoms with E-state index < -0.39 is 0 Å². The van der Waals surface area contributed by atoms with Crippen LogP contribution in [0.1, 0.15) is 43.7 Å². The summed E-state index contributed by atoms with van der Waals surface area (Å²) in [6.45, 7) is 4.79. The minimum Gasteiger partial charge on any atom is -0.335 e. The maximum Gasteiger partial charge on any atom is 0.319 e. The predicted octanol–water partition coefficient (Wildman–Crippen LogP) is 5.33. The standard InChI is InChI=1S/C24H29N3O2S/c1-16-7-9-18(10-8-16)14-27-21-13-19(11-12-22(21)30-15-23(27)28)25-24(29)26-20-6-4-3-5-17(20)2/h7-13,17,20H,3-6,14-15H2,1-2H3,(H2,25,26,29)/t17-,20-/m0/s1. The van der Waals surface area contributed by atoms with Crippen LogP contribution in [0.2, 0.25) is 0 Å². The fourth-order valence-electron chi connectivity index (χ4n) is 4.20. The van der Waals surface area contributed by atoms with Crippen LogP contribution < -0.4 is 15.5 Å². The Balaban J connectivity index is 1.49. The fraction of sp³-hybridized carbons (Fsp3) is 0.417. The molecule has 4 rings (SSSR count). The molecule has 1 fully saturated rings. The van der Waals surface area contributed by atoms with Crippen molar-refractivity contribution in [2.24, 2.45) is 5.92 Å². The van der Waals surface area contributed by atoms with Crippen LogP contribution in [-0.2, 0) is 11.3 Å². The summed E-state index contributed by atoms with van der Waals surface area (Å²) < 4.78 is 0. The Morgan fingerprint density at radius 3 is 2.67 bits per heavy atom. The summed E-state index contributed by atoms with van der Waals surface area (Å²) in [7, 11) is 0. The number of carbonyl (C=O) groups excluding carboxylic acids is 2. The lowest BCUT2D eigenvalue weighted by molar-refractivity contribution is -0.116. The number of hydrogen-bond donors (Lipinski definition) is 2. The van der Waals surface area contributed by atoms with Gasteiger partial charge in [0.2, 0.25) is 5.91 Å². The summed E-state index contributed by atoms with van der Waals surface area (Å²) in [5.74, 6) is 1.03. The third kappa shape index (κ3) is 4.81. The highest BCUT2D eigenvalue weighted by Crippen LogP contribution is 2.38. The summed E-state index contributed by atoms with van der Waals surface area (Å²) in [6, 6.07) is 14.1. The third-order valence-corrected chi connectivity index (χ3v) is 7.10. The number of nitrogens with zero attached hydrogens (tertiary/aromatic N) is 1. The van der Waals surface area contributed by atoms with Gasteiger partial charge in [-0.15, -0.1) is 11.8 Å². The summed E-state index contributed by atoms with van der Waals surface area (Å²) in [5, 5.41) is 6.10. The molecule has 0 saturated heterocycles. The van der Waals surface area contributed by atoms with E-state index in [0.717, 1.165) is 29.0 Å². The van der Waals surface area contributed by atoms with Gasteiger partial charge < -0.3 is 15.5 Å². The van der Waals surface area contributed by atoms with Gasteiger partial charge >= 0.3 is 6.03 Å². The van der Waals surface area contributed by atoms with Crippen LogP contribution in [0.15, 0.2) is 47.4 Å². The van der Waals surface area contributed by atoms with Crippen LogP contribution >= 0.6 is 11.8 Å². The summed E-state index contributed by atoms with van der Waals surface area (Å²) >= 11 is 1.55. The molecule has 2 aliphatic rings. The smallest absolute Gasteiger partial charge is 0.319 e. The van der Waals surface area contributed by atoms with Crippen molar-refractivity contribution >= 4 is 35.1 Å². The molecule has 2 aromatic carbocycles. The lowest BCUT2D eigenvalue weighted by atomic mass is 9.86. The number of nitrogens with one attached hydrogen (secondary N) is 2. The average molecular weight is 424 g/mol. The molecule has 30 heavy (non-hydrogen) atoms. The second kappa shape index (κ2) is 9.13. The lowest BCUT2D eigenvalue weighted by Crippen LogP contribution is -2.43. The van der Waals surface area contributed by atoms with Gasteiger partial charge in [-0.05, 0) is 49.4 Å². The van der Waals surface area contributed by atoms with Crippen molar-refractivity contribution in [3.05, 3.63) is 53.6 Å². The van der Waals surface area contributed by atoms with Crippen molar-refractivity contribution in [1.82, 2.24) is 5.32 Å². The van der Waals surface area contributed by atoms with E-state index in [0.29, 0.717) is 23.9 Å². The van der Waals surface area contributed by atoms with E-state index in [9.17, 15) is 9.59 Å². The van der Waals surface area contributed by atoms with E-state index in [1.165, 1.54) is 18.4 Å². The van der Waals surface area contributed by atoms with Gasteiger partial charge in [0.15, 0.2) is 0 Å². The zero-order chi connectivity index (χ0) is 21.1. The van der Waals surface area contributed by atoms with Gasteiger partial charge in [0, 0.05) is 16.6 Å². The Labute approximate surface area is 182 Å². The van der Waals surface area contributed by atoms with Crippen LogP contribution in [0.5, 0.6) is 0 Å².